The SMILES string of the molecule is Nc1nc(CCN2CCN(c3ccccn3)CC2)cs1. The highest BCUT2D eigenvalue weighted by Crippen LogP contribution is 2.14. The number of thiazole rings is 1. The summed E-state index contributed by atoms with van der Waals surface area (Å²) in [5.41, 5.74) is 6.76. The molecule has 0 unspecified atom stereocenters. The van der Waals surface area contributed by atoms with Gasteiger partial charge in [-0.05, 0) is 12.1 Å². The van der Waals surface area contributed by atoms with E-state index < -0.39 is 0 Å². The molecule has 1 aliphatic rings. The minimum Gasteiger partial charge on any atom is -0.375 e. The van der Waals surface area contributed by atoms with Gasteiger partial charge in [-0.15, -0.1) is 11.3 Å². The van der Waals surface area contributed by atoms with Crippen LogP contribution in [0.15, 0.2) is 29.8 Å². The Hall–Kier alpha value is -1.66. The Morgan fingerprint density at radius 1 is 1.20 bits per heavy atom. The molecule has 20 heavy (non-hydrogen) atoms. The van der Waals surface area contributed by atoms with Crippen LogP contribution in [0.25, 0.3) is 0 Å². The van der Waals surface area contributed by atoms with Crippen LogP contribution in [0.2, 0.25) is 0 Å². The molecule has 1 saturated heterocycles. The van der Waals surface area contributed by atoms with Gasteiger partial charge in [0, 0.05) is 50.7 Å². The zero-order valence-electron chi connectivity index (χ0n) is 11.4. The third-order valence-corrected chi connectivity index (χ3v) is 4.32. The molecule has 0 amide bonds. The van der Waals surface area contributed by atoms with E-state index in [1.165, 1.54) is 11.3 Å². The zero-order chi connectivity index (χ0) is 13.8. The summed E-state index contributed by atoms with van der Waals surface area (Å²) in [6.45, 7) is 5.29. The highest BCUT2D eigenvalue weighted by atomic mass is 32.1. The molecule has 0 saturated carbocycles. The van der Waals surface area contributed by atoms with Crippen LogP contribution >= 0.6 is 11.3 Å². The van der Waals surface area contributed by atoms with Crippen molar-refractivity contribution in [1.29, 1.82) is 0 Å². The predicted octanol–water partition coefficient (Wildman–Crippen LogP) is 1.48. The summed E-state index contributed by atoms with van der Waals surface area (Å²) in [5.74, 6) is 1.08. The Bertz CT molecular complexity index is 534. The fourth-order valence-corrected chi connectivity index (χ4v) is 3.05. The first-order valence-electron chi connectivity index (χ1n) is 6.89. The number of nitrogens with two attached hydrogens (primary N) is 1. The smallest absolute Gasteiger partial charge is 0.180 e. The molecule has 0 atom stereocenters. The number of pyridine rings is 1. The summed E-state index contributed by atoms with van der Waals surface area (Å²) in [4.78, 5) is 13.5. The molecule has 6 heteroatoms. The van der Waals surface area contributed by atoms with Crippen molar-refractivity contribution < 1.29 is 0 Å². The van der Waals surface area contributed by atoms with E-state index in [4.69, 9.17) is 5.73 Å². The first-order chi connectivity index (χ1) is 9.81. The van der Waals surface area contributed by atoms with E-state index >= 15 is 0 Å². The Morgan fingerprint density at radius 2 is 2.05 bits per heavy atom. The summed E-state index contributed by atoms with van der Waals surface area (Å²) in [6, 6.07) is 6.08. The molecular formula is C14H19N5S. The molecule has 0 radical (unpaired) electrons. The quantitative estimate of drug-likeness (QED) is 0.924. The summed E-state index contributed by atoms with van der Waals surface area (Å²) >= 11 is 1.52. The lowest BCUT2D eigenvalue weighted by molar-refractivity contribution is 0.260. The molecule has 106 valence electrons. The molecule has 2 aromatic rings. The number of hydrogen-bond acceptors (Lipinski definition) is 6. The molecule has 0 aliphatic carbocycles. The average molecular weight is 289 g/mol. The van der Waals surface area contributed by atoms with Crippen molar-refractivity contribution in [2.75, 3.05) is 43.4 Å². The van der Waals surface area contributed by atoms with Gasteiger partial charge in [-0.1, -0.05) is 6.07 Å². The fraction of sp³-hybridized carbons (Fsp3) is 0.429. The Labute approximate surface area is 123 Å². The van der Waals surface area contributed by atoms with E-state index in [2.05, 4.69) is 31.2 Å². The molecule has 0 aromatic carbocycles. The highest BCUT2D eigenvalue weighted by molar-refractivity contribution is 7.13. The molecule has 1 fully saturated rings. The first kappa shape index (κ1) is 13.3. The molecule has 2 aromatic heterocycles. The highest BCUT2D eigenvalue weighted by Gasteiger charge is 2.17. The van der Waals surface area contributed by atoms with Crippen molar-refractivity contribution in [1.82, 2.24) is 14.9 Å². The van der Waals surface area contributed by atoms with E-state index in [1.807, 2.05) is 18.3 Å². The average Bonchev–Trinajstić information content (AvgIpc) is 2.92. The maximum absolute atomic E-state index is 5.65. The minimum absolute atomic E-state index is 0.667. The number of piperazine rings is 1. The third-order valence-electron chi connectivity index (χ3n) is 3.60. The molecule has 3 heterocycles. The number of aromatic nitrogens is 2. The van der Waals surface area contributed by atoms with Gasteiger partial charge in [0.15, 0.2) is 5.13 Å². The van der Waals surface area contributed by atoms with Crippen LogP contribution in [0.5, 0.6) is 0 Å². The second-order valence-electron chi connectivity index (χ2n) is 4.94. The summed E-state index contributed by atoms with van der Waals surface area (Å²) in [7, 11) is 0. The monoisotopic (exact) mass is 289 g/mol. The maximum Gasteiger partial charge on any atom is 0.180 e. The van der Waals surface area contributed by atoms with Gasteiger partial charge < -0.3 is 10.6 Å². The van der Waals surface area contributed by atoms with Crippen molar-refractivity contribution in [2.45, 2.75) is 6.42 Å². The predicted molar refractivity (Wildman–Crippen MR) is 83.1 cm³/mol. The van der Waals surface area contributed by atoms with Crippen molar-refractivity contribution >= 4 is 22.3 Å². The van der Waals surface area contributed by atoms with Gasteiger partial charge in [0.2, 0.25) is 0 Å². The second-order valence-corrected chi connectivity index (χ2v) is 5.83. The molecule has 1 aliphatic heterocycles. The number of nitrogen functional groups attached to an aromatic ring is 1. The largest absolute Gasteiger partial charge is 0.375 e. The minimum atomic E-state index is 0.667. The van der Waals surface area contributed by atoms with Gasteiger partial charge in [0.25, 0.3) is 0 Å². The number of rotatable bonds is 4. The number of nitrogens with zero attached hydrogens (tertiary/aromatic N) is 4. The van der Waals surface area contributed by atoms with Crippen molar-refractivity contribution in [3.05, 3.63) is 35.5 Å². The van der Waals surface area contributed by atoms with Crippen LogP contribution in [0.3, 0.4) is 0 Å². The van der Waals surface area contributed by atoms with Crippen LogP contribution in [0, 0.1) is 0 Å². The van der Waals surface area contributed by atoms with Crippen molar-refractivity contribution in [3.8, 4) is 0 Å². The lowest BCUT2D eigenvalue weighted by Gasteiger charge is -2.35. The first-order valence-corrected chi connectivity index (χ1v) is 7.77. The van der Waals surface area contributed by atoms with Gasteiger partial charge in [0.1, 0.15) is 5.82 Å². The van der Waals surface area contributed by atoms with E-state index in [1.54, 1.807) is 0 Å². The number of anilines is 2. The van der Waals surface area contributed by atoms with E-state index in [0.29, 0.717) is 5.13 Å². The van der Waals surface area contributed by atoms with Crippen LogP contribution in [-0.4, -0.2) is 47.6 Å². The summed E-state index contributed by atoms with van der Waals surface area (Å²) in [6.07, 6.45) is 2.84. The van der Waals surface area contributed by atoms with Crippen molar-refractivity contribution in [2.24, 2.45) is 0 Å². The maximum atomic E-state index is 5.65. The molecule has 3 rings (SSSR count). The second kappa shape index (κ2) is 6.19. The van der Waals surface area contributed by atoms with Gasteiger partial charge in [-0.3, -0.25) is 4.90 Å². The van der Waals surface area contributed by atoms with Crippen molar-refractivity contribution in [3.63, 3.8) is 0 Å². The molecule has 2 N–H and O–H groups in total. The van der Waals surface area contributed by atoms with Gasteiger partial charge in [-0.2, -0.15) is 0 Å². The standard InChI is InChI=1S/C14H19N5S/c15-14-17-12(11-20-14)4-6-18-7-9-19(10-8-18)13-3-1-2-5-16-13/h1-3,5,11H,4,6-10H2,(H2,15,17). The van der Waals surface area contributed by atoms with Crippen LogP contribution in [0.1, 0.15) is 5.69 Å². The topological polar surface area (TPSA) is 58.3 Å². The Balaban J connectivity index is 1.47. The number of hydrogen-bond donors (Lipinski definition) is 1. The van der Waals surface area contributed by atoms with E-state index in [0.717, 1.165) is 50.7 Å². The van der Waals surface area contributed by atoms with E-state index in [-0.39, 0.29) is 0 Å². The Morgan fingerprint density at radius 3 is 2.70 bits per heavy atom. The summed E-state index contributed by atoms with van der Waals surface area (Å²) < 4.78 is 0. The molecule has 0 spiro atoms. The molecule has 0 bridgehead atoms. The zero-order valence-corrected chi connectivity index (χ0v) is 12.2. The fourth-order valence-electron chi connectivity index (χ4n) is 2.45. The molecular weight excluding hydrogens is 270 g/mol. The van der Waals surface area contributed by atoms with E-state index in [9.17, 15) is 0 Å². The Kier molecular flexibility index (Phi) is 4.13. The third kappa shape index (κ3) is 3.26. The van der Waals surface area contributed by atoms with Crippen LogP contribution < -0.4 is 10.6 Å². The lowest BCUT2D eigenvalue weighted by Crippen LogP contribution is -2.47. The normalized spacial score (nSPS) is 16.5. The molecule has 5 nitrogen and oxygen atoms in total. The summed E-state index contributed by atoms with van der Waals surface area (Å²) in [5, 5.41) is 2.72. The van der Waals surface area contributed by atoms with Crippen LogP contribution in [0.4, 0.5) is 10.9 Å². The van der Waals surface area contributed by atoms with Gasteiger partial charge in [0.05, 0.1) is 5.69 Å². The van der Waals surface area contributed by atoms with Gasteiger partial charge in [-0.25, -0.2) is 9.97 Å². The lowest BCUT2D eigenvalue weighted by atomic mass is 10.2. The van der Waals surface area contributed by atoms with Gasteiger partial charge >= 0.3 is 0 Å². The van der Waals surface area contributed by atoms with Crippen LogP contribution in [-0.2, 0) is 6.42 Å².